The molecule has 7 heteroatoms. The van der Waals surface area contributed by atoms with Gasteiger partial charge in [0.1, 0.15) is 17.7 Å². The van der Waals surface area contributed by atoms with Gasteiger partial charge in [0, 0.05) is 16.7 Å². The third-order valence-electron chi connectivity index (χ3n) is 4.13. The number of quaternary nitrogens is 1. The predicted octanol–water partition coefficient (Wildman–Crippen LogP) is 4.14. The van der Waals surface area contributed by atoms with Crippen LogP contribution in [0.1, 0.15) is 26.3 Å². The zero-order valence-corrected chi connectivity index (χ0v) is 18.5. The molecule has 3 aromatic carbocycles. The molecule has 0 atom stereocenters. The van der Waals surface area contributed by atoms with Gasteiger partial charge in [-0.3, -0.25) is 0 Å². The summed E-state index contributed by atoms with van der Waals surface area (Å²) in [5, 5.41) is 18.2. The molecule has 0 bridgehead atoms. The predicted molar refractivity (Wildman–Crippen MR) is 120 cm³/mol. The van der Waals surface area contributed by atoms with Crippen molar-refractivity contribution in [3.63, 3.8) is 0 Å². The third-order valence-corrected chi connectivity index (χ3v) is 5.65. The van der Waals surface area contributed by atoms with Gasteiger partial charge in [-0.1, -0.05) is 54.6 Å². The Balaban J connectivity index is 0.000000262. The molecule has 0 aliphatic heterocycles. The molecule has 0 heterocycles. The Morgan fingerprint density at radius 1 is 0.742 bits per heavy atom. The van der Waals surface area contributed by atoms with Crippen LogP contribution in [0.4, 0.5) is 0 Å². The van der Waals surface area contributed by atoms with Crippen molar-refractivity contribution in [1.29, 1.82) is 0 Å². The monoisotopic (exact) mass is 440 g/mol. The Bertz CT molecular complexity index is 974. The number of benzene rings is 3. The highest BCUT2D eigenvalue weighted by Gasteiger charge is 2.26. The normalized spacial score (nSPS) is 10.9. The van der Waals surface area contributed by atoms with Crippen molar-refractivity contribution in [3.8, 4) is 0 Å². The van der Waals surface area contributed by atoms with Crippen LogP contribution in [-0.2, 0) is 17.7 Å². The number of carboxylic acids is 2. The Kier molecular flexibility index (Phi) is 8.38. The summed E-state index contributed by atoms with van der Waals surface area (Å²) in [6.07, 6.45) is 0. The van der Waals surface area contributed by atoms with Crippen LogP contribution >= 0.6 is 0 Å². The van der Waals surface area contributed by atoms with Crippen molar-refractivity contribution in [2.24, 2.45) is 0 Å². The summed E-state index contributed by atoms with van der Waals surface area (Å²) in [5.41, 5.74) is 1.19. The van der Waals surface area contributed by atoms with Crippen LogP contribution in [0.3, 0.4) is 0 Å². The first-order valence-corrected chi connectivity index (χ1v) is 10.7. The van der Waals surface area contributed by atoms with Crippen LogP contribution < -0.4 is 0 Å². The molecule has 0 aliphatic rings. The van der Waals surface area contributed by atoms with E-state index in [9.17, 15) is 14.1 Å². The van der Waals surface area contributed by atoms with Crippen molar-refractivity contribution in [1.82, 2.24) is 0 Å². The van der Waals surface area contributed by atoms with Crippen LogP contribution in [0.5, 0.6) is 0 Å². The summed E-state index contributed by atoms with van der Waals surface area (Å²) in [6.45, 7) is 1.10. The molecule has 0 unspecified atom stereocenters. The molecule has 3 rings (SSSR count). The number of carboxylic acid groups (broad SMARTS) is 2. The number of nitrogens with zero attached hydrogens (tertiary/aromatic N) is 1. The molecule has 0 fully saturated rings. The van der Waals surface area contributed by atoms with E-state index in [1.165, 1.54) is 42.0 Å². The SMILES string of the molecule is C[N+](C)(C)Cc1ccccc1.O=C(O)c1ccccc1[S+]([O-])c1ccccc1C(=O)O. The minimum atomic E-state index is -1.87. The molecule has 0 aromatic heterocycles. The molecule has 0 radical (unpaired) electrons. The van der Waals surface area contributed by atoms with Gasteiger partial charge in [-0.2, -0.15) is 0 Å². The quantitative estimate of drug-likeness (QED) is 0.443. The number of hydrogen-bond acceptors (Lipinski definition) is 3. The minimum Gasteiger partial charge on any atom is -0.606 e. The lowest BCUT2D eigenvalue weighted by molar-refractivity contribution is -0.884. The zero-order valence-electron chi connectivity index (χ0n) is 17.7. The van der Waals surface area contributed by atoms with Crippen LogP contribution in [-0.4, -0.2) is 52.3 Å². The first-order valence-electron chi connectivity index (χ1n) is 9.51. The molecular formula is C24H26NO5S+. The molecule has 3 aromatic rings. The number of hydrogen-bond donors (Lipinski definition) is 2. The molecule has 0 aliphatic carbocycles. The van der Waals surface area contributed by atoms with E-state index in [1.54, 1.807) is 12.1 Å². The first kappa shape index (κ1) is 24.1. The standard InChI is InChI=1S/C14H10O5S.C10H16N/c15-13(16)9-5-1-3-7-11(9)20(19)12-8-4-2-6-10(12)14(17)18;1-11(2,3)9-10-7-5-4-6-8-10/h1-8H,(H,15,16)(H,17,18);4-8H,9H2,1-3H3/q;+1. The summed E-state index contributed by atoms with van der Waals surface area (Å²) < 4.78 is 13.5. The summed E-state index contributed by atoms with van der Waals surface area (Å²) in [4.78, 5) is 22.4. The fourth-order valence-corrected chi connectivity index (χ4v) is 4.21. The second-order valence-corrected chi connectivity index (χ2v) is 9.22. The summed E-state index contributed by atoms with van der Waals surface area (Å²) >= 11 is -1.87. The zero-order chi connectivity index (χ0) is 23.0. The van der Waals surface area contributed by atoms with E-state index in [1.807, 2.05) is 0 Å². The third kappa shape index (κ3) is 7.25. The molecule has 2 N–H and O–H groups in total. The first-order chi connectivity index (χ1) is 14.6. The number of aromatic carboxylic acids is 2. The maximum Gasteiger partial charge on any atom is 0.340 e. The molecule has 0 saturated carbocycles. The van der Waals surface area contributed by atoms with Crippen molar-refractivity contribution in [2.45, 2.75) is 16.3 Å². The lowest BCUT2D eigenvalue weighted by Gasteiger charge is -2.23. The average molecular weight is 441 g/mol. The maximum atomic E-state index is 12.5. The van der Waals surface area contributed by atoms with Gasteiger partial charge in [0.05, 0.1) is 21.1 Å². The van der Waals surface area contributed by atoms with Crippen molar-refractivity contribution >= 4 is 23.1 Å². The van der Waals surface area contributed by atoms with E-state index in [2.05, 4.69) is 51.5 Å². The topological polar surface area (TPSA) is 97.7 Å². The summed E-state index contributed by atoms with van der Waals surface area (Å²) in [6, 6.07) is 22.2. The Morgan fingerprint density at radius 2 is 1.13 bits per heavy atom. The van der Waals surface area contributed by atoms with Gasteiger partial charge in [-0.05, 0) is 24.3 Å². The van der Waals surface area contributed by atoms with Gasteiger partial charge in [-0.25, -0.2) is 9.59 Å². The fourth-order valence-electron chi connectivity index (χ4n) is 2.86. The van der Waals surface area contributed by atoms with E-state index in [4.69, 9.17) is 10.2 Å². The smallest absolute Gasteiger partial charge is 0.340 e. The molecule has 6 nitrogen and oxygen atoms in total. The van der Waals surface area contributed by atoms with Crippen LogP contribution in [0.15, 0.2) is 88.7 Å². The van der Waals surface area contributed by atoms with E-state index in [0.717, 1.165) is 11.0 Å². The van der Waals surface area contributed by atoms with Gasteiger partial charge < -0.3 is 19.2 Å². The molecule has 0 spiro atoms. The largest absolute Gasteiger partial charge is 0.606 e. The van der Waals surface area contributed by atoms with E-state index < -0.39 is 23.1 Å². The lowest BCUT2D eigenvalue weighted by atomic mass is 10.2. The number of rotatable bonds is 6. The molecule has 0 saturated heterocycles. The van der Waals surface area contributed by atoms with Crippen LogP contribution in [0.25, 0.3) is 0 Å². The van der Waals surface area contributed by atoms with Gasteiger partial charge in [-0.15, -0.1) is 0 Å². The molecule has 162 valence electrons. The maximum absolute atomic E-state index is 12.5. The molecule has 0 amide bonds. The van der Waals surface area contributed by atoms with Crippen molar-refractivity contribution in [2.75, 3.05) is 21.1 Å². The van der Waals surface area contributed by atoms with Crippen molar-refractivity contribution < 1.29 is 28.8 Å². The Labute approximate surface area is 185 Å². The van der Waals surface area contributed by atoms with Gasteiger partial charge in [0.25, 0.3) is 0 Å². The Hall–Kier alpha value is -3.13. The highest BCUT2D eigenvalue weighted by molar-refractivity contribution is 7.91. The molecule has 31 heavy (non-hydrogen) atoms. The van der Waals surface area contributed by atoms with Crippen LogP contribution in [0.2, 0.25) is 0 Å². The van der Waals surface area contributed by atoms with Crippen molar-refractivity contribution in [3.05, 3.63) is 95.6 Å². The van der Waals surface area contributed by atoms with Gasteiger partial charge >= 0.3 is 11.9 Å². The lowest BCUT2D eigenvalue weighted by Crippen LogP contribution is -2.33. The molecular weight excluding hydrogens is 414 g/mol. The Morgan fingerprint density at radius 3 is 1.52 bits per heavy atom. The van der Waals surface area contributed by atoms with Gasteiger partial charge in [0.15, 0.2) is 9.79 Å². The number of carbonyl (C=O) groups is 2. The average Bonchev–Trinajstić information content (AvgIpc) is 2.73. The fraction of sp³-hybridized carbons (Fsp3) is 0.167. The van der Waals surface area contributed by atoms with E-state index >= 15 is 0 Å². The summed E-state index contributed by atoms with van der Waals surface area (Å²) in [7, 11) is 6.60. The highest BCUT2D eigenvalue weighted by Crippen LogP contribution is 2.26. The second-order valence-electron chi connectivity index (χ2n) is 7.81. The van der Waals surface area contributed by atoms with E-state index in [0.29, 0.717) is 0 Å². The van der Waals surface area contributed by atoms with E-state index in [-0.39, 0.29) is 20.9 Å². The highest BCUT2D eigenvalue weighted by atomic mass is 32.2. The second kappa shape index (κ2) is 10.8. The van der Waals surface area contributed by atoms with Crippen LogP contribution in [0, 0.1) is 0 Å². The summed E-state index contributed by atoms with van der Waals surface area (Å²) in [5.74, 6) is -2.41. The van der Waals surface area contributed by atoms with Gasteiger partial charge in [0.2, 0.25) is 0 Å². The minimum absolute atomic E-state index is 0.0775.